The second kappa shape index (κ2) is 11.9. The van der Waals surface area contributed by atoms with Gasteiger partial charge in [0.1, 0.15) is 11.9 Å². The van der Waals surface area contributed by atoms with Crippen molar-refractivity contribution in [3.8, 4) is 0 Å². The summed E-state index contributed by atoms with van der Waals surface area (Å²) in [5, 5.41) is 5.52. The van der Waals surface area contributed by atoms with Gasteiger partial charge < -0.3 is 10.6 Å². The van der Waals surface area contributed by atoms with Gasteiger partial charge in [0.25, 0.3) is 5.91 Å². The molecule has 1 atom stereocenters. The lowest BCUT2D eigenvalue weighted by Crippen LogP contribution is -2.50. The molecule has 0 aromatic heterocycles. The van der Waals surface area contributed by atoms with Crippen molar-refractivity contribution in [2.24, 2.45) is 5.92 Å². The molecule has 0 bridgehead atoms. The molecule has 2 aromatic rings. The number of hydrogen-bond acceptors (Lipinski definition) is 4. The van der Waals surface area contributed by atoms with Gasteiger partial charge in [-0.3, -0.25) is 9.59 Å². The molecule has 0 radical (unpaired) electrons. The molecule has 2 aromatic carbocycles. The van der Waals surface area contributed by atoms with Gasteiger partial charge in [-0.15, -0.1) is 0 Å². The van der Waals surface area contributed by atoms with Gasteiger partial charge in [-0.05, 0) is 48.2 Å². The number of hydrogen-bond donors (Lipinski definition) is 2. The number of amides is 2. The van der Waals surface area contributed by atoms with E-state index in [0.717, 1.165) is 5.56 Å². The first-order valence-electron chi connectivity index (χ1n) is 11.0. The van der Waals surface area contributed by atoms with Crippen molar-refractivity contribution in [3.63, 3.8) is 0 Å². The Labute approximate surface area is 195 Å². The Balaban J connectivity index is 2.07. The Hall–Kier alpha value is -2.78. The van der Waals surface area contributed by atoms with Gasteiger partial charge in [-0.1, -0.05) is 45.9 Å². The number of halogens is 1. The molecule has 0 aliphatic rings. The summed E-state index contributed by atoms with van der Waals surface area (Å²) in [6, 6.07) is 11.0. The Morgan fingerprint density at radius 3 is 2.24 bits per heavy atom. The topological polar surface area (TPSA) is 95.6 Å². The Bertz CT molecular complexity index is 1050. The first kappa shape index (κ1) is 26.5. The second-order valence-corrected chi connectivity index (χ2v) is 9.92. The number of nitrogens with zero attached hydrogens (tertiary/aromatic N) is 1. The van der Waals surface area contributed by atoms with Crippen LogP contribution in [0.1, 0.15) is 43.6 Å². The first-order chi connectivity index (χ1) is 15.6. The van der Waals surface area contributed by atoms with Crippen LogP contribution in [0.25, 0.3) is 0 Å². The molecule has 0 unspecified atom stereocenters. The zero-order valence-electron chi connectivity index (χ0n) is 19.5. The molecule has 0 spiro atoms. The standard InChI is InChI=1S/C24H32FN3O4S/c1-5-28(6-2)33(31,32)21-9-7-8-19(16-21)23(29)27-22(17(3)4)24(30)26-15-14-18-10-12-20(25)13-11-18/h7-13,16-17,22H,5-6,14-15H2,1-4H3,(H,26,30)(H,27,29)/t22-/m0/s1. The Morgan fingerprint density at radius 1 is 1.03 bits per heavy atom. The smallest absolute Gasteiger partial charge is 0.251 e. The van der Waals surface area contributed by atoms with Crippen LogP contribution in [-0.4, -0.2) is 50.2 Å². The van der Waals surface area contributed by atoms with Crippen LogP contribution in [0.4, 0.5) is 4.39 Å². The lowest BCUT2D eigenvalue weighted by atomic mass is 10.0. The molecule has 33 heavy (non-hydrogen) atoms. The predicted molar refractivity (Wildman–Crippen MR) is 126 cm³/mol. The molecule has 0 aliphatic heterocycles. The zero-order chi connectivity index (χ0) is 24.6. The molecule has 2 N–H and O–H groups in total. The molecule has 2 rings (SSSR count). The summed E-state index contributed by atoms with van der Waals surface area (Å²) in [5.74, 6) is -1.38. The maximum Gasteiger partial charge on any atom is 0.251 e. The molecule has 9 heteroatoms. The molecule has 0 heterocycles. The van der Waals surface area contributed by atoms with Crippen LogP contribution in [0.2, 0.25) is 0 Å². The van der Waals surface area contributed by atoms with Gasteiger partial charge in [-0.25, -0.2) is 12.8 Å². The van der Waals surface area contributed by atoms with Crippen molar-refractivity contribution in [1.82, 2.24) is 14.9 Å². The third kappa shape index (κ3) is 7.10. The number of sulfonamides is 1. The normalized spacial score (nSPS) is 12.6. The van der Waals surface area contributed by atoms with Crippen LogP contribution in [0.3, 0.4) is 0 Å². The zero-order valence-corrected chi connectivity index (χ0v) is 20.3. The van der Waals surface area contributed by atoms with E-state index in [2.05, 4.69) is 10.6 Å². The third-order valence-electron chi connectivity index (χ3n) is 5.30. The van der Waals surface area contributed by atoms with E-state index < -0.39 is 22.0 Å². The van der Waals surface area contributed by atoms with Gasteiger partial charge in [0.05, 0.1) is 4.90 Å². The molecule has 0 saturated carbocycles. The fourth-order valence-electron chi connectivity index (χ4n) is 3.36. The van der Waals surface area contributed by atoms with Crippen molar-refractivity contribution in [1.29, 1.82) is 0 Å². The summed E-state index contributed by atoms with van der Waals surface area (Å²) in [7, 11) is -3.71. The highest BCUT2D eigenvalue weighted by molar-refractivity contribution is 7.89. The minimum Gasteiger partial charge on any atom is -0.354 e. The van der Waals surface area contributed by atoms with Gasteiger partial charge in [-0.2, -0.15) is 4.31 Å². The molecular formula is C24H32FN3O4S. The Morgan fingerprint density at radius 2 is 1.67 bits per heavy atom. The van der Waals surface area contributed by atoms with E-state index in [1.54, 1.807) is 26.0 Å². The van der Waals surface area contributed by atoms with E-state index in [9.17, 15) is 22.4 Å². The molecule has 0 saturated heterocycles. The highest BCUT2D eigenvalue weighted by Crippen LogP contribution is 2.17. The van der Waals surface area contributed by atoms with E-state index in [-0.39, 0.29) is 28.1 Å². The Kier molecular flexibility index (Phi) is 9.55. The molecule has 7 nitrogen and oxygen atoms in total. The molecule has 180 valence electrons. The lowest BCUT2D eigenvalue weighted by molar-refractivity contribution is -0.123. The van der Waals surface area contributed by atoms with Gasteiger partial charge in [0.15, 0.2) is 0 Å². The van der Waals surface area contributed by atoms with Crippen LogP contribution < -0.4 is 10.6 Å². The van der Waals surface area contributed by atoms with Crippen molar-refractivity contribution < 1.29 is 22.4 Å². The van der Waals surface area contributed by atoms with Crippen LogP contribution in [0.15, 0.2) is 53.4 Å². The van der Waals surface area contributed by atoms with Crippen molar-refractivity contribution >= 4 is 21.8 Å². The fraction of sp³-hybridized carbons (Fsp3) is 0.417. The molecule has 0 aliphatic carbocycles. The monoisotopic (exact) mass is 477 g/mol. The molecule has 2 amide bonds. The van der Waals surface area contributed by atoms with Gasteiger partial charge in [0, 0.05) is 25.2 Å². The highest BCUT2D eigenvalue weighted by atomic mass is 32.2. The summed E-state index contributed by atoms with van der Waals surface area (Å²) in [6.45, 7) is 8.10. The lowest BCUT2D eigenvalue weighted by Gasteiger charge is -2.22. The average Bonchev–Trinajstić information content (AvgIpc) is 2.79. The maximum atomic E-state index is 13.0. The quantitative estimate of drug-likeness (QED) is 0.520. The number of carbonyl (C=O) groups excluding carboxylic acids is 2. The van der Waals surface area contributed by atoms with Gasteiger partial charge in [0.2, 0.25) is 15.9 Å². The summed E-state index contributed by atoms with van der Waals surface area (Å²) in [6.07, 6.45) is 0.524. The SMILES string of the molecule is CCN(CC)S(=O)(=O)c1cccc(C(=O)N[C@H](C(=O)NCCc2ccc(F)cc2)C(C)C)c1. The summed E-state index contributed by atoms with van der Waals surface area (Å²) in [4.78, 5) is 25.6. The second-order valence-electron chi connectivity index (χ2n) is 7.98. The summed E-state index contributed by atoms with van der Waals surface area (Å²) < 4.78 is 39.9. The van der Waals surface area contributed by atoms with Crippen molar-refractivity contribution in [3.05, 3.63) is 65.5 Å². The van der Waals surface area contributed by atoms with Crippen LogP contribution in [0.5, 0.6) is 0 Å². The third-order valence-corrected chi connectivity index (χ3v) is 7.35. The van der Waals surface area contributed by atoms with Crippen molar-refractivity contribution in [2.45, 2.75) is 45.1 Å². The average molecular weight is 478 g/mol. The van der Waals surface area contributed by atoms with Crippen molar-refractivity contribution in [2.75, 3.05) is 19.6 Å². The van der Waals surface area contributed by atoms with E-state index in [1.165, 1.54) is 40.7 Å². The fourth-order valence-corrected chi connectivity index (χ4v) is 4.87. The van der Waals surface area contributed by atoms with E-state index in [4.69, 9.17) is 0 Å². The summed E-state index contributed by atoms with van der Waals surface area (Å²) in [5.41, 5.74) is 1.04. The minimum atomic E-state index is -3.71. The highest BCUT2D eigenvalue weighted by Gasteiger charge is 2.26. The number of nitrogens with one attached hydrogen (secondary N) is 2. The van der Waals surface area contributed by atoms with Gasteiger partial charge >= 0.3 is 0 Å². The number of benzene rings is 2. The number of carbonyl (C=O) groups is 2. The van der Waals surface area contributed by atoms with E-state index >= 15 is 0 Å². The minimum absolute atomic E-state index is 0.0312. The van der Waals surface area contributed by atoms with Crippen LogP contribution in [-0.2, 0) is 21.2 Å². The van der Waals surface area contributed by atoms with Crippen LogP contribution in [0, 0.1) is 11.7 Å². The number of rotatable bonds is 11. The molecule has 0 fully saturated rings. The van der Waals surface area contributed by atoms with Crippen LogP contribution >= 0.6 is 0 Å². The predicted octanol–water partition coefficient (Wildman–Crippen LogP) is 2.97. The largest absolute Gasteiger partial charge is 0.354 e. The van der Waals surface area contributed by atoms with E-state index in [1.807, 2.05) is 13.8 Å². The first-order valence-corrected chi connectivity index (χ1v) is 12.5. The summed E-state index contributed by atoms with van der Waals surface area (Å²) >= 11 is 0. The van der Waals surface area contributed by atoms with E-state index in [0.29, 0.717) is 26.1 Å². The molecular weight excluding hydrogens is 445 g/mol. The maximum absolute atomic E-state index is 13.0.